The second-order valence-corrected chi connectivity index (χ2v) is 8.57. The zero-order chi connectivity index (χ0) is 25.8. The number of hydrogen-bond donors (Lipinski definition) is 3. The van der Waals surface area contributed by atoms with Crippen LogP contribution < -0.4 is 20.8 Å². The Labute approximate surface area is 217 Å². The van der Waals surface area contributed by atoms with Gasteiger partial charge in [-0.05, 0) is 48.4 Å². The van der Waals surface area contributed by atoms with Crippen molar-refractivity contribution in [1.29, 1.82) is 0 Å². The molecule has 4 rings (SSSR count). The average Bonchev–Trinajstić information content (AvgIpc) is 3.25. The maximum atomic E-state index is 13.2. The third-order valence-corrected chi connectivity index (χ3v) is 6.22. The SMILES string of the molecule is CCc1ccccc1NC(=O)C(=O)Nn1c(C(=O)Nc2ccc(Cl)c(Cl)c2)cc2cccc(OC)c21. The van der Waals surface area contributed by atoms with Gasteiger partial charge < -0.3 is 15.4 Å². The van der Waals surface area contributed by atoms with E-state index in [2.05, 4.69) is 16.1 Å². The summed E-state index contributed by atoms with van der Waals surface area (Å²) in [7, 11) is 1.47. The Kier molecular flexibility index (Phi) is 7.47. The fraction of sp³-hybridized carbons (Fsp3) is 0.115. The van der Waals surface area contributed by atoms with Crippen molar-refractivity contribution in [3.63, 3.8) is 0 Å². The van der Waals surface area contributed by atoms with Crippen LogP contribution in [0.15, 0.2) is 66.7 Å². The number of aryl methyl sites for hydroxylation is 1. The largest absolute Gasteiger partial charge is 0.494 e. The molecule has 0 unspecified atom stereocenters. The quantitative estimate of drug-likeness (QED) is 0.290. The summed E-state index contributed by atoms with van der Waals surface area (Å²) in [6.07, 6.45) is 0.677. The fourth-order valence-corrected chi connectivity index (χ4v) is 4.02. The van der Waals surface area contributed by atoms with Crippen molar-refractivity contribution in [1.82, 2.24) is 4.68 Å². The van der Waals surface area contributed by atoms with E-state index in [9.17, 15) is 14.4 Å². The van der Waals surface area contributed by atoms with E-state index in [-0.39, 0.29) is 10.7 Å². The van der Waals surface area contributed by atoms with Gasteiger partial charge in [0.25, 0.3) is 5.91 Å². The first-order chi connectivity index (χ1) is 17.3. The lowest BCUT2D eigenvalue weighted by Crippen LogP contribution is -2.36. The number of rotatable bonds is 6. The molecule has 3 aromatic carbocycles. The summed E-state index contributed by atoms with van der Waals surface area (Å²) < 4.78 is 6.67. The number of fused-ring (bicyclic) bond motifs is 1. The molecule has 0 bridgehead atoms. The number of anilines is 2. The van der Waals surface area contributed by atoms with Gasteiger partial charge in [0.1, 0.15) is 17.0 Å². The molecular weight excluding hydrogens is 503 g/mol. The van der Waals surface area contributed by atoms with Gasteiger partial charge in [-0.3, -0.25) is 19.8 Å². The molecule has 1 aromatic heterocycles. The summed E-state index contributed by atoms with van der Waals surface area (Å²) in [5.74, 6) is -2.00. The molecular formula is C26H22Cl2N4O4. The molecule has 3 amide bonds. The maximum absolute atomic E-state index is 13.2. The minimum atomic E-state index is -0.965. The number of ether oxygens (including phenoxy) is 1. The predicted octanol–water partition coefficient (Wildman–Crippen LogP) is 5.48. The molecule has 0 spiro atoms. The van der Waals surface area contributed by atoms with Crippen LogP contribution in [0.1, 0.15) is 23.0 Å². The minimum absolute atomic E-state index is 0.0654. The third-order valence-electron chi connectivity index (χ3n) is 5.48. The molecule has 1 heterocycles. The second kappa shape index (κ2) is 10.7. The molecule has 8 nitrogen and oxygen atoms in total. The van der Waals surface area contributed by atoms with Crippen molar-refractivity contribution in [2.45, 2.75) is 13.3 Å². The lowest BCUT2D eigenvalue weighted by atomic mass is 10.1. The molecule has 0 aliphatic heterocycles. The highest BCUT2D eigenvalue weighted by molar-refractivity contribution is 6.43. The van der Waals surface area contributed by atoms with Crippen molar-refractivity contribution in [3.05, 3.63) is 88.0 Å². The van der Waals surface area contributed by atoms with Gasteiger partial charge >= 0.3 is 11.8 Å². The Bertz CT molecular complexity index is 1480. The van der Waals surface area contributed by atoms with Crippen molar-refractivity contribution in [2.24, 2.45) is 0 Å². The number of carbonyl (C=O) groups is 3. The first kappa shape index (κ1) is 25.1. The Morgan fingerprint density at radius 1 is 0.889 bits per heavy atom. The van der Waals surface area contributed by atoms with Gasteiger partial charge in [-0.15, -0.1) is 0 Å². The number of carbonyl (C=O) groups excluding carboxylic acids is 3. The summed E-state index contributed by atoms with van der Waals surface area (Å²) in [4.78, 5) is 38.9. The van der Waals surface area contributed by atoms with Gasteiger partial charge in [-0.2, -0.15) is 0 Å². The molecule has 184 valence electrons. The van der Waals surface area contributed by atoms with Gasteiger partial charge in [0.2, 0.25) is 0 Å². The van der Waals surface area contributed by atoms with Crippen molar-refractivity contribution >= 4 is 63.2 Å². The van der Waals surface area contributed by atoms with E-state index in [0.717, 1.165) is 5.56 Å². The van der Waals surface area contributed by atoms with Crippen LogP contribution in [0.2, 0.25) is 10.0 Å². The first-order valence-corrected chi connectivity index (χ1v) is 11.7. The molecule has 0 saturated carbocycles. The molecule has 0 fully saturated rings. The zero-order valence-electron chi connectivity index (χ0n) is 19.4. The van der Waals surface area contributed by atoms with E-state index in [4.69, 9.17) is 27.9 Å². The molecule has 10 heteroatoms. The predicted molar refractivity (Wildman–Crippen MR) is 142 cm³/mol. The van der Waals surface area contributed by atoms with Gasteiger partial charge in [0.05, 0.1) is 17.2 Å². The molecule has 36 heavy (non-hydrogen) atoms. The number of amides is 3. The Hall–Kier alpha value is -4.01. The molecule has 0 aliphatic rings. The Morgan fingerprint density at radius 2 is 1.67 bits per heavy atom. The summed E-state index contributed by atoms with van der Waals surface area (Å²) in [5, 5.41) is 6.59. The standard InChI is InChI=1S/C26H22Cl2N4O4/c1-3-15-7-4-5-9-20(15)30-25(34)26(35)31-32-21(13-16-8-6-10-22(36-2)23(16)32)24(33)29-17-11-12-18(27)19(28)14-17/h4-14H,3H2,1-2H3,(H,29,33)(H,30,34)(H,31,35). The number of hydrogen-bond acceptors (Lipinski definition) is 4. The van der Waals surface area contributed by atoms with Crippen molar-refractivity contribution in [3.8, 4) is 5.75 Å². The van der Waals surface area contributed by atoms with Crippen LogP contribution in [0.4, 0.5) is 11.4 Å². The van der Waals surface area contributed by atoms with E-state index < -0.39 is 17.7 Å². The first-order valence-electron chi connectivity index (χ1n) is 11.0. The van der Waals surface area contributed by atoms with Crippen molar-refractivity contribution in [2.75, 3.05) is 23.2 Å². The summed E-state index contributed by atoms with van der Waals surface area (Å²) in [6.45, 7) is 1.95. The summed E-state index contributed by atoms with van der Waals surface area (Å²) in [6, 6.07) is 18.6. The Morgan fingerprint density at radius 3 is 2.39 bits per heavy atom. The molecule has 0 aliphatic carbocycles. The number of methoxy groups -OCH3 is 1. The molecule has 4 aromatic rings. The zero-order valence-corrected chi connectivity index (χ0v) is 20.9. The van der Waals surface area contributed by atoms with Crippen LogP contribution in [-0.4, -0.2) is 29.5 Å². The van der Waals surface area contributed by atoms with Crippen LogP contribution >= 0.6 is 23.2 Å². The fourth-order valence-electron chi connectivity index (χ4n) is 3.73. The smallest absolute Gasteiger partial charge is 0.328 e. The highest BCUT2D eigenvalue weighted by Crippen LogP contribution is 2.29. The normalized spacial score (nSPS) is 10.7. The van der Waals surface area contributed by atoms with E-state index >= 15 is 0 Å². The number of para-hydroxylation sites is 2. The van der Waals surface area contributed by atoms with E-state index in [0.29, 0.717) is 39.5 Å². The van der Waals surface area contributed by atoms with Crippen molar-refractivity contribution < 1.29 is 19.1 Å². The Balaban J connectivity index is 1.67. The molecule has 0 radical (unpaired) electrons. The lowest BCUT2D eigenvalue weighted by molar-refractivity contribution is -0.133. The number of benzene rings is 3. The van der Waals surface area contributed by atoms with Crippen LogP contribution in [0.25, 0.3) is 10.9 Å². The number of nitrogens with one attached hydrogen (secondary N) is 3. The lowest BCUT2D eigenvalue weighted by Gasteiger charge is -2.15. The average molecular weight is 525 g/mol. The maximum Gasteiger partial charge on any atom is 0.328 e. The van der Waals surface area contributed by atoms with Crippen LogP contribution in [0.5, 0.6) is 5.75 Å². The number of aromatic nitrogens is 1. The summed E-state index contributed by atoms with van der Waals surface area (Å²) >= 11 is 12.0. The van der Waals surface area contributed by atoms with E-state index in [1.165, 1.54) is 17.9 Å². The third kappa shape index (κ3) is 5.15. The van der Waals surface area contributed by atoms with E-state index in [1.54, 1.807) is 48.5 Å². The van der Waals surface area contributed by atoms with Crippen LogP contribution in [-0.2, 0) is 16.0 Å². The minimum Gasteiger partial charge on any atom is -0.494 e. The van der Waals surface area contributed by atoms with Gasteiger partial charge in [-0.25, -0.2) is 4.68 Å². The van der Waals surface area contributed by atoms with Gasteiger partial charge in [0, 0.05) is 16.8 Å². The van der Waals surface area contributed by atoms with E-state index in [1.807, 2.05) is 19.1 Å². The molecule has 0 saturated heterocycles. The molecule has 0 atom stereocenters. The van der Waals surface area contributed by atoms with Crippen LogP contribution in [0, 0.1) is 0 Å². The highest BCUT2D eigenvalue weighted by atomic mass is 35.5. The van der Waals surface area contributed by atoms with Crippen LogP contribution in [0.3, 0.4) is 0 Å². The topological polar surface area (TPSA) is 101 Å². The highest BCUT2D eigenvalue weighted by Gasteiger charge is 2.23. The number of halogens is 2. The monoisotopic (exact) mass is 524 g/mol. The van der Waals surface area contributed by atoms with Gasteiger partial charge in [0.15, 0.2) is 0 Å². The van der Waals surface area contributed by atoms with Gasteiger partial charge in [-0.1, -0.05) is 60.5 Å². The number of nitrogens with zero attached hydrogens (tertiary/aromatic N) is 1. The molecule has 3 N–H and O–H groups in total. The summed E-state index contributed by atoms with van der Waals surface area (Å²) in [5.41, 5.74) is 4.83. The second-order valence-electron chi connectivity index (χ2n) is 7.75.